The number of ketones is 4. The molecule has 3 aromatic carbocycles. The van der Waals surface area contributed by atoms with Crippen LogP contribution >= 0.6 is 0 Å². The molecular formula is C28H24N2O4. The molecule has 0 amide bonds. The Balaban J connectivity index is 1.62. The van der Waals surface area contributed by atoms with Crippen LogP contribution in [0.3, 0.4) is 0 Å². The molecular weight excluding hydrogens is 428 g/mol. The molecule has 2 aliphatic rings. The van der Waals surface area contributed by atoms with Gasteiger partial charge in [-0.1, -0.05) is 86.6 Å². The molecule has 34 heavy (non-hydrogen) atoms. The van der Waals surface area contributed by atoms with Crippen LogP contribution < -0.4 is 10.6 Å². The van der Waals surface area contributed by atoms with Crippen LogP contribution in [0.4, 0.5) is 0 Å². The maximum absolute atomic E-state index is 13.5. The van der Waals surface area contributed by atoms with E-state index in [4.69, 9.17) is 0 Å². The smallest absolute Gasteiger partial charge is 0.196 e. The summed E-state index contributed by atoms with van der Waals surface area (Å²) < 4.78 is 0. The van der Waals surface area contributed by atoms with E-state index < -0.39 is 11.1 Å². The minimum atomic E-state index is -1.53. The number of carbonyl (C=O) groups excluding carboxylic acids is 4. The van der Waals surface area contributed by atoms with Crippen molar-refractivity contribution in [2.75, 3.05) is 13.1 Å². The van der Waals surface area contributed by atoms with Crippen molar-refractivity contribution in [2.24, 2.45) is 0 Å². The quantitative estimate of drug-likeness (QED) is 0.557. The normalized spacial score (nSPS) is 17.7. The summed E-state index contributed by atoms with van der Waals surface area (Å²) in [6.45, 7) is 4.49. The highest BCUT2D eigenvalue weighted by molar-refractivity contribution is 6.34. The maximum Gasteiger partial charge on any atom is 0.196 e. The van der Waals surface area contributed by atoms with Crippen molar-refractivity contribution in [3.05, 3.63) is 106 Å². The number of hydrogen-bond donors (Lipinski definition) is 2. The van der Waals surface area contributed by atoms with Crippen LogP contribution in [0.25, 0.3) is 0 Å². The number of likely N-dealkylation sites (N-methyl/N-ethyl adjacent to an activating group) is 2. The lowest BCUT2D eigenvalue weighted by atomic mass is 9.80. The molecule has 0 aliphatic heterocycles. The number of carbonyl (C=O) groups is 4. The van der Waals surface area contributed by atoms with E-state index in [-0.39, 0.29) is 23.1 Å². The molecule has 0 radical (unpaired) electrons. The van der Waals surface area contributed by atoms with Crippen LogP contribution in [0, 0.1) is 0 Å². The van der Waals surface area contributed by atoms with Gasteiger partial charge in [0.1, 0.15) is 0 Å². The van der Waals surface area contributed by atoms with Crippen molar-refractivity contribution in [3.63, 3.8) is 0 Å². The number of nitrogens with one attached hydrogen (secondary N) is 2. The summed E-state index contributed by atoms with van der Waals surface area (Å²) in [6.07, 6.45) is 0. The van der Waals surface area contributed by atoms with Gasteiger partial charge in [0, 0.05) is 22.3 Å². The van der Waals surface area contributed by atoms with E-state index in [1.807, 2.05) is 13.8 Å². The number of hydrogen-bond acceptors (Lipinski definition) is 6. The zero-order chi connectivity index (χ0) is 24.1. The first kappa shape index (κ1) is 22.1. The van der Waals surface area contributed by atoms with E-state index in [1.165, 1.54) is 0 Å². The molecule has 0 aromatic heterocycles. The molecule has 3 aromatic rings. The summed E-state index contributed by atoms with van der Waals surface area (Å²) >= 11 is 0. The predicted octanol–water partition coefficient (Wildman–Crippen LogP) is 3.45. The molecule has 170 valence electrons. The van der Waals surface area contributed by atoms with E-state index in [1.54, 1.807) is 72.8 Å². The first-order valence-corrected chi connectivity index (χ1v) is 11.4. The Hall–Kier alpha value is -3.74. The molecule has 6 nitrogen and oxygen atoms in total. The van der Waals surface area contributed by atoms with Gasteiger partial charge in [-0.25, -0.2) is 0 Å². The third-order valence-electron chi connectivity index (χ3n) is 6.83. The summed E-state index contributed by atoms with van der Waals surface area (Å²) in [6, 6.07) is 20.3. The van der Waals surface area contributed by atoms with Crippen molar-refractivity contribution in [1.82, 2.24) is 10.6 Å². The average molecular weight is 453 g/mol. The van der Waals surface area contributed by atoms with Gasteiger partial charge in [0.15, 0.2) is 34.2 Å². The number of fused-ring (bicyclic) bond motifs is 2. The Labute approximate surface area is 197 Å². The monoisotopic (exact) mass is 452 g/mol. The van der Waals surface area contributed by atoms with E-state index in [2.05, 4.69) is 10.6 Å². The Kier molecular flexibility index (Phi) is 5.15. The van der Waals surface area contributed by atoms with Gasteiger partial charge in [-0.2, -0.15) is 0 Å². The van der Waals surface area contributed by atoms with Crippen LogP contribution in [0.15, 0.2) is 72.8 Å². The molecule has 2 aliphatic carbocycles. The highest BCUT2D eigenvalue weighted by Gasteiger charge is 2.56. The first-order valence-electron chi connectivity index (χ1n) is 11.4. The Bertz CT molecular complexity index is 1180. The fourth-order valence-electron chi connectivity index (χ4n) is 5.32. The zero-order valence-corrected chi connectivity index (χ0v) is 19.0. The van der Waals surface area contributed by atoms with E-state index in [0.29, 0.717) is 46.5 Å². The molecule has 5 rings (SSSR count). The lowest BCUT2D eigenvalue weighted by Gasteiger charge is -2.30. The summed E-state index contributed by atoms with van der Waals surface area (Å²) in [7, 11) is 0. The summed E-state index contributed by atoms with van der Waals surface area (Å²) in [5, 5.41) is 6.26. The number of Topliss-reactive ketones (excluding diaryl/α,β-unsaturated/α-hetero) is 4. The van der Waals surface area contributed by atoms with Crippen LogP contribution in [-0.4, -0.2) is 36.2 Å². The second kappa shape index (κ2) is 7.94. The van der Waals surface area contributed by atoms with Crippen molar-refractivity contribution < 1.29 is 19.2 Å². The highest BCUT2D eigenvalue weighted by atomic mass is 16.2. The number of rotatable bonds is 6. The van der Waals surface area contributed by atoms with E-state index in [9.17, 15) is 19.2 Å². The summed E-state index contributed by atoms with van der Waals surface area (Å²) in [5.41, 5.74) is -0.560. The van der Waals surface area contributed by atoms with Gasteiger partial charge in [0.2, 0.25) is 0 Å². The van der Waals surface area contributed by atoms with Crippen molar-refractivity contribution in [1.29, 1.82) is 0 Å². The second-order valence-corrected chi connectivity index (χ2v) is 8.55. The Morgan fingerprint density at radius 2 is 0.765 bits per heavy atom. The molecule has 0 saturated carbocycles. The molecule has 0 unspecified atom stereocenters. The van der Waals surface area contributed by atoms with Gasteiger partial charge in [-0.3, -0.25) is 29.8 Å². The Morgan fingerprint density at radius 1 is 0.500 bits per heavy atom. The van der Waals surface area contributed by atoms with Crippen molar-refractivity contribution in [2.45, 2.75) is 24.9 Å². The van der Waals surface area contributed by atoms with Crippen molar-refractivity contribution in [3.8, 4) is 0 Å². The largest absolute Gasteiger partial charge is 0.295 e. The SMILES string of the molecule is CCNC1(c2ccc(C3(NCC)C(=O)c4ccccc4C3=O)cc2)C(=O)c2ccccc2C1=O. The molecule has 0 fully saturated rings. The molecule has 0 saturated heterocycles. The fraction of sp³-hybridized carbons (Fsp3) is 0.214. The standard InChI is InChI=1S/C28H24N2O4/c1-3-29-27(23(31)19-9-5-6-10-20(19)24(27)32)17-13-15-18(16-14-17)28(30-4-2)25(33)21-11-7-8-12-22(21)26(28)34/h5-16,29-30H,3-4H2,1-2H3. The molecule has 0 heterocycles. The minimum absolute atomic E-state index is 0.301. The van der Waals surface area contributed by atoms with E-state index >= 15 is 0 Å². The average Bonchev–Trinajstić information content (AvgIpc) is 3.22. The maximum atomic E-state index is 13.5. The van der Waals surface area contributed by atoms with Crippen molar-refractivity contribution >= 4 is 23.1 Å². The molecule has 6 heteroatoms. The fourth-order valence-corrected chi connectivity index (χ4v) is 5.32. The van der Waals surface area contributed by atoms with Crippen LogP contribution in [0.5, 0.6) is 0 Å². The Morgan fingerprint density at radius 3 is 1.00 bits per heavy atom. The zero-order valence-electron chi connectivity index (χ0n) is 19.0. The van der Waals surface area contributed by atoms with Crippen LogP contribution in [0.1, 0.15) is 66.4 Å². The molecule has 0 spiro atoms. The minimum Gasteiger partial charge on any atom is -0.295 e. The third-order valence-corrected chi connectivity index (χ3v) is 6.83. The van der Waals surface area contributed by atoms with Gasteiger partial charge < -0.3 is 0 Å². The van der Waals surface area contributed by atoms with Crippen LogP contribution in [0.2, 0.25) is 0 Å². The van der Waals surface area contributed by atoms with Crippen LogP contribution in [-0.2, 0) is 11.1 Å². The molecule has 0 bridgehead atoms. The van der Waals surface area contributed by atoms with Gasteiger partial charge in [-0.15, -0.1) is 0 Å². The number of benzene rings is 3. The van der Waals surface area contributed by atoms with Gasteiger partial charge in [0.25, 0.3) is 0 Å². The highest BCUT2D eigenvalue weighted by Crippen LogP contribution is 2.41. The topological polar surface area (TPSA) is 92.3 Å². The first-order chi connectivity index (χ1) is 16.4. The third kappa shape index (κ3) is 2.70. The lowest BCUT2D eigenvalue weighted by Crippen LogP contribution is -2.52. The molecule has 0 atom stereocenters. The van der Waals surface area contributed by atoms with Gasteiger partial charge in [0.05, 0.1) is 0 Å². The summed E-state index contributed by atoms with van der Waals surface area (Å²) in [5.74, 6) is -1.21. The van der Waals surface area contributed by atoms with Gasteiger partial charge in [-0.05, 0) is 24.2 Å². The lowest BCUT2D eigenvalue weighted by molar-refractivity contribution is 0.0739. The molecule has 2 N–H and O–H groups in total. The van der Waals surface area contributed by atoms with Gasteiger partial charge >= 0.3 is 0 Å². The summed E-state index contributed by atoms with van der Waals surface area (Å²) in [4.78, 5) is 53.9. The predicted molar refractivity (Wildman–Crippen MR) is 127 cm³/mol. The second-order valence-electron chi connectivity index (χ2n) is 8.55. The van der Waals surface area contributed by atoms with E-state index in [0.717, 1.165) is 0 Å².